The number of hydrogen-bond acceptors (Lipinski definition) is 5. The molecule has 1 N–H and O–H groups in total. The number of nitrogens with zero attached hydrogens (tertiary/aromatic N) is 3. The van der Waals surface area contributed by atoms with Gasteiger partial charge in [-0.3, -0.25) is 0 Å². The average molecular weight is 335 g/mol. The Labute approximate surface area is 139 Å². The van der Waals surface area contributed by atoms with E-state index in [1.807, 2.05) is 0 Å². The average Bonchev–Trinajstić information content (AvgIpc) is 2.95. The summed E-state index contributed by atoms with van der Waals surface area (Å²) in [7, 11) is 0. The molecule has 7 heteroatoms. The van der Waals surface area contributed by atoms with Crippen LogP contribution in [0.5, 0.6) is 5.75 Å². The van der Waals surface area contributed by atoms with Gasteiger partial charge in [-0.2, -0.15) is 0 Å². The summed E-state index contributed by atoms with van der Waals surface area (Å²) in [6, 6.07) is 6.65. The van der Waals surface area contributed by atoms with E-state index in [9.17, 15) is 4.79 Å². The Morgan fingerprint density at radius 3 is 2.74 bits per heavy atom. The van der Waals surface area contributed by atoms with Crippen molar-refractivity contribution in [1.29, 1.82) is 0 Å². The number of carboxylic acid groups (broad SMARTS) is 1. The number of aromatic carboxylic acids is 1. The van der Waals surface area contributed by atoms with Gasteiger partial charge >= 0.3 is 5.97 Å². The lowest BCUT2D eigenvalue weighted by molar-refractivity contribution is 0.0692. The maximum absolute atomic E-state index is 11.1. The van der Waals surface area contributed by atoms with Gasteiger partial charge in [-0.15, -0.1) is 10.2 Å². The van der Waals surface area contributed by atoms with Gasteiger partial charge in [0.15, 0.2) is 5.16 Å². The summed E-state index contributed by atoms with van der Waals surface area (Å²) in [6.07, 6.45) is 0. The first-order chi connectivity index (χ1) is 11.0. The Morgan fingerprint density at radius 1 is 1.35 bits per heavy atom. The summed E-state index contributed by atoms with van der Waals surface area (Å²) < 4.78 is 7.69. The van der Waals surface area contributed by atoms with Gasteiger partial charge in [0, 0.05) is 18.2 Å². The zero-order valence-electron chi connectivity index (χ0n) is 13.5. The van der Waals surface area contributed by atoms with Gasteiger partial charge in [0.05, 0.1) is 6.61 Å². The van der Waals surface area contributed by atoms with Crippen LogP contribution in [0.4, 0.5) is 0 Å². The van der Waals surface area contributed by atoms with Crippen LogP contribution >= 0.6 is 11.8 Å². The number of ether oxygens (including phenoxy) is 1. The molecular formula is C16H21N3O3S. The number of thioether (sulfide) groups is 1. The van der Waals surface area contributed by atoms with Crippen molar-refractivity contribution in [2.45, 2.75) is 38.4 Å². The second kappa shape index (κ2) is 8.01. The van der Waals surface area contributed by atoms with Crippen molar-refractivity contribution in [1.82, 2.24) is 14.8 Å². The first-order valence-electron chi connectivity index (χ1n) is 7.55. The number of hydrogen-bond donors (Lipinski definition) is 1. The summed E-state index contributed by atoms with van der Waals surface area (Å²) >= 11 is 1.56. The number of carboxylic acids is 1. The lowest BCUT2D eigenvalue weighted by Crippen LogP contribution is -2.07. The molecule has 2 rings (SSSR count). The molecule has 0 aliphatic rings. The van der Waals surface area contributed by atoms with Crippen LogP contribution < -0.4 is 4.74 Å². The number of carbonyl (C=O) groups is 1. The topological polar surface area (TPSA) is 77.2 Å². The number of para-hydroxylation sites is 1. The molecule has 0 spiro atoms. The molecule has 0 aliphatic carbocycles. The van der Waals surface area contributed by atoms with Gasteiger partial charge in [0.25, 0.3) is 0 Å². The minimum atomic E-state index is -0.986. The second-order valence-electron chi connectivity index (χ2n) is 5.24. The van der Waals surface area contributed by atoms with Gasteiger partial charge in [-0.1, -0.05) is 37.7 Å². The van der Waals surface area contributed by atoms with Gasteiger partial charge in [-0.25, -0.2) is 4.79 Å². The van der Waals surface area contributed by atoms with Crippen LogP contribution in [-0.4, -0.2) is 38.2 Å². The quantitative estimate of drug-likeness (QED) is 0.589. The molecule has 0 saturated carbocycles. The minimum Gasteiger partial charge on any atom is -0.492 e. The fourth-order valence-electron chi connectivity index (χ4n) is 2.18. The van der Waals surface area contributed by atoms with Crippen molar-refractivity contribution in [2.75, 3.05) is 12.4 Å². The van der Waals surface area contributed by atoms with E-state index in [1.165, 1.54) is 6.07 Å². The molecule has 0 aliphatic heterocycles. The summed E-state index contributed by atoms with van der Waals surface area (Å²) in [4.78, 5) is 11.1. The lowest BCUT2D eigenvalue weighted by Gasteiger charge is -2.10. The highest BCUT2D eigenvalue weighted by Gasteiger charge is 2.14. The molecule has 0 radical (unpaired) electrons. The van der Waals surface area contributed by atoms with Crippen LogP contribution in [-0.2, 0) is 6.54 Å². The molecule has 0 saturated heterocycles. The van der Waals surface area contributed by atoms with E-state index in [4.69, 9.17) is 9.84 Å². The largest absolute Gasteiger partial charge is 0.492 e. The highest BCUT2D eigenvalue weighted by molar-refractivity contribution is 7.99. The normalized spacial score (nSPS) is 11.0. The second-order valence-corrected chi connectivity index (χ2v) is 6.30. The first kappa shape index (κ1) is 17.3. The zero-order valence-corrected chi connectivity index (χ0v) is 14.3. The van der Waals surface area contributed by atoms with Crippen molar-refractivity contribution in [2.24, 2.45) is 0 Å². The molecule has 6 nitrogen and oxygen atoms in total. The van der Waals surface area contributed by atoms with Crippen LogP contribution in [0.15, 0.2) is 29.4 Å². The van der Waals surface area contributed by atoms with E-state index in [0.29, 0.717) is 24.0 Å². The van der Waals surface area contributed by atoms with Crippen LogP contribution in [0.2, 0.25) is 0 Å². The molecule has 2 aromatic rings. The molecule has 0 amide bonds. The number of aromatic nitrogens is 3. The van der Waals surface area contributed by atoms with E-state index >= 15 is 0 Å². The van der Waals surface area contributed by atoms with E-state index < -0.39 is 5.97 Å². The van der Waals surface area contributed by atoms with E-state index in [-0.39, 0.29) is 5.56 Å². The van der Waals surface area contributed by atoms with Gasteiger partial charge < -0.3 is 14.4 Å². The Morgan fingerprint density at radius 2 is 2.09 bits per heavy atom. The molecule has 23 heavy (non-hydrogen) atoms. The van der Waals surface area contributed by atoms with Crippen molar-refractivity contribution >= 4 is 17.7 Å². The zero-order chi connectivity index (χ0) is 16.8. The summed E-state index contributed by atoms with van der Waals surface area (Å²) in [6.45, 7) is 7.49. The Bertz CT molecular complexity index is 670. The van der Waals surface area contributed by atoms with Crippen LogP contribution in [0.1, 0.15) is 42.9 Å². The van der Waals surface area contributed by atoms with Crippen molar-refractivity contribution in [3.05, 3.63) is 35.7 Å². The summed E-state index contributed by atoms with van der Waals surface area (Å²) in [5.41, 5.74) is 0.177. The highest BCUT2D eigenvalue weighted by atomic mass is 32.2. The van der Waals surface area contributed by atoms with Crippen LogP contribution in [0, 0.1) is 0 Å². The van der Waals surface area contributed by atoms with E-state index in [0.717, 1.165) is 17.5 Å². The Kier molecular flexibility index (Phi) is 6.04. The molecular weight excluding hydrogens is 314 g/mol. The van der Waals surface area contributed by atoms with Crippen molar-refractivity contribution in [3.8, 4) is 5.75 Å². The number of benzene rings is 1. The van der Waals surface area contributed by atoms with Gasteiger partial charge in [0.2, 0.25) is 0 Å². The standard InChI is InChI=1S/C16H21N3O3S/c1-4-19-14(11(2)3)17-18-16(19)23-10-9-22-13-8-6-5-7-12(13)15(20)21/h5-8,11H,4,9-10H2,1-3H3,(H,20,21). The highest BCUT2D eigenvalue weighted by Crippen LogP contribution is 2.22. The molecule has 0 unspecified atom stereocenters. The van der Waals surface area contributed by atoms with E-state index in [2.05, 4.69) is 35.5 Å². The molecule has 1 aromatic carbocycles. The van der Waals surface area contributed by atoms with Crippen molar-refractivity contribution < 1.29 is 14.6 Å². The lowest BCUT2D eigenvalue weighted by atomic mass is 10.2. The third-order valence-electron chi connectivity index (χ3n) is 3.27. The third-order valence-corrected chi connectivity index (χ3v) is 4.20. The van der Waals surface area contributed by atoms with Gasteiger partial charge in [-0.05, 0) is 19.1 Å². The SMILES string of the molecule is CCn1c(SCCOc2ccccc2C(=O)O)nnc1C(C)C. The summed E-state index contributed by atoms with van der Waals surface area (Å²) in [5.74, 6) is 1.38. The monoisotopic (exact) mass is 335 g/mol. The van der Waals surface area contributed by atoms with Crippen LogP contribution in [0.3, 0.4) is 0 Å². The predicted octanol–water partition coefficient (Wildman–Crippen LogP) is 3.29. The molecule has 0 bridgehead atoms. The maximum Gasteiger partial charge on any atom is 0.339 e. The predicted molar refractivity (Wildman–Crippen MR) is 89.4 cm³/mol. The molecule has 1 aromatic heterocycles. The van der Waals surface area contributed by atoms with Gasteiger partial charge in [0.1, 0.15) is 17.1 Å². The fourth-order valence-corrected chi connectivity index (χ4v) is 3.01. The maximum atomic E-state index is 11.1. The first-order valence-corrected chi connectivity index (χ1v) is 8.54. The molecule has 1 heterocycles. The third kappa shape index (κ3) is 4.25. The molecule has 0 fully saturated rings. The fraction of sp³-hybridized carbons (Fsp3) is 0.438. The number of rotatable bonds is 8. The molecule has 124 valence electrons. The Balaban J connectivity index is 1.93. The molecule has 0 atom stereocenters. The van der Waals surface area contributed by atoms with E-state index in [1.54, 1.807) is 30.0 Å². The van der Waals surface area contributed by atoms with Crippen molar-refractivity contribution in [3.63, 3.8) is 0 Å². The summed E-state index contributed by atoms with van der Waals surface area (Å²) in [5, 5.41) is 18.4. The smallest absolute Gasteiger partial charge is 0.339 e. The Hall–Kier alpha value is -2.02. The van der Waals surface area contributed by atoms with Crippen LogP contribution in [0.25, 0.3) is 0 Å². The minimum absolute atomic E-state index is 0.177.